The molecule has 1 unspecified atom stereocenters. The SMILES string of the molecule is CC1(CNCCC2CCCN2C(=O)OC(C)(C)C)COC1. The minimum atomic E-state index is -0.415. The molecular formula is C16H30N2O3. The molecule has 0 spiro atoms. The van der Waals surface area contributed by atoms with E-state index in [-0.39, 0.29) is 6.09 Å². The molecule has 2 saturated heterocycles. The number of carbonyl (C=O) groups is 1. The van der Waals surface area contributed by atoms with Gasteiger partial charge in [-0.2, -0.15) is 0 Å². The molecule has 0 radical (unpaired) electrons. The van der Waals surface area contributed by atoms with Crippen LogP contribution in [0.2, 0.25) is 0 Å². The molecule has 2 fully saturated rings. The van der Waals surface area contributed by atoms with Gasteiger partial charge in [0.15, 0.2) is 0 Å². The van der Waals surface area contributed by atoms with Crippen molar-refractivity contribution in [2.24, 2.45) is 5.41 Å². The third-order valence-corrected chi connectivity index (χ3v) is 4.11. The van der Waals surface area contributed by atoms with Crippen LogP contribution in [0.4, 0.5) is 4.79 Å². The molecule has 2 heterocycles. The Morgan fingerprint density at radius 3 is 2.71 bits per heavy atom. The molecule has 1 amide bonds. The van der Waals surface area contributed by atoms with Gasteiger partial charge in [0, 0.05) is 24.5 Å². The molecule has 0 saturated carbocycles. The Hall–Kier alpha value is -0.810. The van der Waals surface area contributed by atoms with Crippen LogP contribution in [0.25, 0.3) is 0 Å². The maximum Gasteiger partial charge on any atom is 0.410 e. The van der Waals surface area contributed by atoms with Gasteiger partial charge in [0.1, 0.15) is 5.60 Å². The fraction of sp³-hybridized carbons (Fsp3) is 0.938. The van der Waals surface area contributed by atoms with E-state index in [2.05, 4.69) is 12.2 Å². The number of nitrogens with zero attached hydrogens (tertiary/aromatic N) is 1. The van der Waals surface area contributed by atoms with Crippen molar-refractivity contribution in [3.8, 4) is 0 Å². The number of nitrogens with one attached hydrogen (secondary N) is 1. The molecule has 5 heteroatoms. The Morgan fingerprint density at radius 1 is 1.43 bits per heavy atom. The molecule has 122 valence electrons. The Bertz CT molecular complexity index is 361. The van der Waals surface area contributed by atoms with Crippen LogP contribution in [0.15, 0.2) is 0 Å². The van der Waals surface area contributed by atoms with E-state index >= 15 is 0 Å². The third kappa shape index (κ3) is 4.85. The summed E-state index contributed by atoms with van der Waals surface area (Å²) in [7, 11) is 0. The van der Waals surface area contributed by atoms with Crippen LogP contribution in [0, 0.1) is 5.41 Å². The van der Waals surface area contributed by atoms with E-state index in [4.69, 9.17) is 9.47 Å². The van der Waals surface area contributed by atoms with Crippen LogP contribution in [-0.2, 0) is 9.47 Å². The molecule has 0 bridgehead atoms. The summed E-state index contributed by atoms with van der Waals surface area (Å²) in [6.45, 7) is 12.5. The normalized spacial score (nSPS) is 24.8. The molecule has 0 aromatic carbocycles. The van der Waals surface area contributed by atoms with Crippen LogP contribution in [0.1, 0.15) is 47.0 Å². The van der Waals surface area contributed by atoms with E-state index in [1.165, 1.54) is 0 Å². The molecule has 1 atom stereocenters. The van der Waals surface area contributed by atoms with Crippen LogP contribution in [0.5, 0.6) is 0 Å². The van der Waals surface area contributed by atoms with Crippen molar-refractivity contribution in [1.82, 2.24) is 10.2 Å². The Labute approximate surface area is 128 Å². The van der Waals surface area contributed by atoms with Gasteiger partial charge < -0.3 is 19.7 Å². The highest BCUT2D eigenvalue weighted by molar-refractivity contribution is 5.68. The van der Waals surface area contributed by atoms with Crippen LogP contribution >= 0.6 is 0 Å². The topological polar surface area (TPSA) is 50.8 Å². The third-order valence-electron chi connectivity index (χ3n) is 4.11. The minimum Gasteiger partial charge on any atom is -0.444 e. The van der Waals surface area contributed by atoms with Gasteiger partial charge in [0.25, 0.3) is 0 Å². The zero-order chi connectivity index (χ0) is 15.5. The quantitative estimate of drug-likeness (QED) is 0.792. The number of ether oxygens (including phenoxy) is 2. The fourth-order valence-corrected chi connectivity index (χ4v) is 2.91. The number of carbonyl (C=O) groups excluding carboxylic acids is 1. The largest absolute Gasteiger partial charge is 0.444 e. The lowest BCUT2D eigenvalue weighted by Gasteiger charge is -2.38. The Kier molecular flexibility index (Phi) is 5.15. The minimum absolute atomic E-state index is 0.163. The second-order valence-electron chi connectivity index (χ2n) is 7.74. The van der Waals surface area contributed by atoms with E-state index in [9.17, 15) is 4.79 Å². The highest BCUT2D eigenvalue weighted by Gasteiger charge is 2.34. The molecule has 0 aromatic heterocycles. The van der Waals surface area contributed by atoms with E-state index in [1.54, 1.807) is 0 Å². The molecule has 2 aliphatic rings. The second kappa shape index (κ2) is 6.53. The molecule has 2 aliphatic heterocycles. The lowest BCUT2D eigenvalue weighted by Crippen LogP contribution is -2.48. The molecule has 21 heavy (non-hydrogen) atoms. The van der Waals surface area contributed by atoms with Crippen molar-refractivity contribution in [1.29, 1.82) is 0 Å². The highest BCUT2D eigenvalue weighted by Crippen LogP contribution is 2.26. The maximum absolute atomic E-state index is 12.2. The van der Waals surface area contributed by atoms with Gasteiger partial charge in [0.05, 0.1) is 13.2 Å². The van der Waals surface area contributed by atoms with Gasteiger partial charge in [0.2, 0.25) is 0 Å². The van der Waals surface area contributed by atoms with Crippen molar-refractivity contribution in [3.63, 3.8) is 0 Å². The van der Waals surface area contributed by atoms with E-state index < -0.39 is 5.60 Å². The first-order chi connectivity index (χ1) is 9.79. The molecule has 5 nitrogen and oxygen atoms in total. The molecule has 0 aromatic rings. The standard InChI is InChI=1S/C16H30N2O3/c1-15(2,3)21-14(19)18-9-5-6-13(18)7-8-17-10-16(4)11-20-12-16/h13,17H,5-12H2,1-4H3. The summed E-state index contributed by atoms with van der Waals surface area (Å²) in [5, 5.41) is 3.50. The van der Waals surface area contributed by atoms with Gasteiger partial charge in [-0.3, -0.25) is 0 Å². The summed E-state index contributed by atoms with van der Waals surface area (Å²) in [4.78, 5) is 14.1. The van der Waals surface area contributed by atoms with Crippen LogP contribution in [-0.4, -0.2) is 55.5 Å². The number of likely N-dealkylation sites (tertiary alicyclic amines) is 1. The molecular weight excluding hydrogens is 268 g/mol. The maximum atomic E-state index is 12.2. The van der Waals surface area contributed by atoms with Gasteiger partial charge in [-0.15, -0.1) is 0 Å². The number of hydrogen-bond donors (Lipinski definition) is 1. The first kappa shape index (κ1) is 16.6. The van der Waals surface area contributed by atoms with E-state index in [1.807, 2.05) is 25.7 Å². The predicted molar refractivity (Wildman–Crippen MR) is 82.4 cm³/mol. The summed E-state index contributed by atoms with van der Waals surface area (Å²) in [5.74, 6) is 0. The summed E-state index contributed by atoms with van der Waals surface area (Å²) in [6.07, 6.45) is 3.00. The monoisotopic (exact) mass is 298 g/mol. The lowest BCUT2D eigenvalue weighted by atomic mass is 9.89. The summed E-state index contributed by atoms with van der Waals surface area (Å²) in [6, 6.07) is 0.317. The first-order valence-corrected chi connectivity index (χ1v) is 8.07. The lowest BCUT2D eigenvalue weighted by molar-refractivity contribution is -0.0990. The Balaban J connectivity index is 1.70. The van der Waals surface area contributed by atoms with Crippen molar-refractivity contribution < 1.29 is 14.3 Å². The number of amides is 1. The van der Waals surface area contributed by atoms with Crippen LogP contribution in [0.3, 0.4) is 0 Å². The zero-order valence-electron chi connectivity index (χ0n) is 13.9. The second-order valence-corrected chi connectivity index (χ2v) is 7.74. The van der Waals surface area contributed by atoms with Gasteiger partial charge >= 0.3 is 6.09 Å². The summed E-state index contributed by atoms with van der Waals surface area (Å²) >= 11 is 0. The van der Waals surface area contributed by atoms with E-state index in [0.717, 1.165) is 52.1 Å². The first-order valence-electron chi connectivity index (χ1n) is 8.07. The zero-order valence-corrected chi connectivity index (χ0v) is 13.9. The number of rotatable bonds is 5. The average molecular weight is 298 g/mol. The summed E-state index contributed by atoms with van der Waals surface area (Å²) < 4.78 is 10.7. The van der Waals surface area contributed by atoms with Gasteiger partial charge in [-0.25, -0.2) is 4.79 Å². The van der Waals surface area contributed by atoms with Gasteiger partial charge in [-0.1, -0.05) is 6.92 Å². The van der Waals surface area contributed by atoms with Crippen LogP contribution < -0.4 is 5.32 Å². The fourth-order valence-electron chi connectivity index (χ4n) is 2.91. The van der Waals surface area contributed by atoms with E-state index in [0.29, 0.717) is 11.5 Å². The average Bonchev–Trinajstić information content (AvgIpc) is 2.78. The molecule has 1 N–H and O–H groups in total. The number of hydrogen-bond acceptors (Lipinski definition) is 4. The summed E-state index contributed by atoms with van der Waals surface area (Å²) in [5.41, 5.74) is -0.109. The van der Waals surface area contributed by atoms with Crippen molar-refractivity contribution >= 4 is 6.09 Å². The molecule has 2 rings (SSSR count). The predicted octanol–water partition coefficient (Wildman–Crippen LogP) is 2.40. The van der Waals surface area contributed by atoms with Crippen molar-refractivity contribution in [3.05, 3.63) is 0 Å². The Morgan fingerprint density at radius 2 is 2.14 bits per heavy atom. The van der Waals surface area contributed by atoms with Crippen molar-refractivity contribution in [2.45, 2.75) is 58.6 Å². The molecule has 0 aliphatic carbocycles. The van der Waals surface area contributed by atoms with Gasteiger partial charge in [-0.05, 0) is 46.6 Å². The smallest absolute Gasteiger partial charge is 0.410 e. The highest BCUT2D eigenvalue weighted by atomic mass is 16.6. The van der Waals surface area contributed by atoms with Crippen molar-refractivity contribution in [2.75, 3.05) is 32.8 Å².